The van der Waals surface area contributed by atoms with Crippen molar-refractivity contribution >= 4 is 5.97 Å². The summed E-state index contributed by atoms with van der Waals surface area (Å²) in [5.41, 5.74) is 0.295. The van der Waals surface area contributed by atoms with Gasteiger partial charge in [-0.05, 0) is 44.2 Å². The van der Waals surface area contributed by atoms with Gasteiger partial charge in [-0.1, -0.05) is 25.0 Å². The van der Waals surface area contributed by atoms with Crippen molar-refractivity contribution in [1.29, 1.82) is 0 Å². The minimum Gasteiger partial charge on any atom is -0.478 e. The molecule has 1 saturated carbocycles. The summed E-state index contributed by atoms with van der Waals surface area (Å²) in [7, 11) is 0. The molecule has 1 atom stereocenters. The van der Waals surface area contributed by atoms with Crippen LogP contribution in [0.4, 0.5) is 4.39 Å². The van der Waals surface area contributed by atoms with Crippen LogP contribution in [0.3, 0.4) is 0 Å². The minimum atomic E-state index is -1.19. The summed E-state index contributed by atoms with van der Waals surface area (Å²) in [6.07, 6.45) is 7.58. The summed E-state index contributed by atoms with van der Waals surface area (Å²) >= 11 is 0. The zero-order chi connectivity index (χ0) is 14.8. The Hall–Kier alpha value is -1.42. The fourth-order valence-corrected chi connectivity index (χ4v) is 4.01. The van der Waals surface area contributed by atoms with Crippen LogP contribution in [-0.4, -0.2) is 28.6 Å². The lowest BCUT2D eigenvalue weighted by Crippen LogP contribution is -2.34. The van der Waals surface area contributed by atoms with Crippen molar-refractivity contribution in [2.75, 3.05) is 6.54 Å². The lowest BCUT2D eigenvalue weighted by Gasteiger charge is -2.29. The third kappa shape index (κ3) is 2.95. The van der Waals surface area contributed by atoms with Crippen molar-refractivity contribution < 1.29 is 14.3 Å². The van der Waals surface area contributed by atoms with E-state index in [1.165, 1.54) is 44.6 Å². The Labute approximate surface area is 124 Å². The first-order valence-electron chi connectivity index (χ1n) is 7.91. The van der Waals surface area contributed by atoms with Gasteiger partial charge >= 0.3 is 5.97 Å². The van der Waals surface area contributed by atoms with Gasteiger partial charge in [0.05, 0.1) is 5.56 Å². The van der Waals surface area contributed by atoms with E-state index in [4.69, 9.17) is 5.11 Å². The van der Waals surface area contributed by atoms with Crippen molar-refractivity contribution in [3.05, 3.63) is 35.1 Å². The maximum Gasteiger partial charge on any atom is 0.338 e. The first kappa shape index (κ1) is 14.5. The van der Waals surface area contributed by atoms with Gasteiger partial charge in [0, 0.05) is 18.2 Å². The minimum absolute atomic E-state index is 0.218. The highest BCUT2D eigenvalue weighted by Gasteiger charge is 2.33. The Morgan fingerprint density at radius 1 is 1.24 bits per heavy atom. The molecule has 1 unspecified atom stereocenters. The Morgan fingerprint density at radius 3 is 2.71 bits per heavy atom. The molecule has 21 heavy (non-hydrogen) atoms. The molecule has 0 aromatic heterocycles. The van der Waals surface area contributed by atoms with Crippen LogP contribution in [0.1, 0.15) is 54.4 Å². The Balaban J connectivity index is 1.76. The van der Waals surface area contributed by atoms with Gasteiger partial charge in [-0.3, -0.25) is 4.90 Å². The summed E-state index contributed by atoms with van der Waals surface area (Å²) in [5, 5.41) is 9.02. The summed E-state index contributed by atoms with van der Waals surface area (Å²) < 4.78 is 14.3. The number of likely N-dealkylation sites (tertiary alicyclic amines) is 1. The van der Waals surface area contributed by atoms with E-state index in [9.17, 15) is 9.18 Å². The molecule has 0 spiro atoms. The molecule has 0 bridgehead atoms. The number of carboxylic acid groups (broad SMARTS) is 1. The van der Waals surface area contributed by atoms with E-state index in [1.807, 2.05) is 0 Å². The molecule has 1 heterocycles. The average molecular weight is 291 g/mol. The molecular weight excluding hydrogens is 269 g/mol. The quantitative estimate of drug-likeness (QED) is 0.920. The summed E-state index contributed by atoms with van der Waals surface area (Å²) in [5.74, 6) is -1.01. The monoisotopic (exact) mass is 291 g/mol. The molecule has 3 rings (SSSR count). The van der Waals surface area contributed by atoms with Crippen LogP contribution < -0.4 is 0 Å². The van der Waals surface area contributed by atoms with E-state index >= 15 is 0 Å². The average Bonchev–Trinajstić information content (AvgIpc) is 3.11. The number of hydrogen-bond donors (Lipinski definition) is 1. The van der Waals surface area contributed by atoms with Gasteiger partial charge in [-0.25, -0.2) is 9.18 Å². The molecular formula is C17H22FNO2. The summed E-state index contributed by atoms with van der Waals surface area (Å²) in [6, 6.07) is 5.24. The second kappa shape index (κ2) is 6.14. The van der Waals surface area contributed by atoms with Crippen LogP contribution in [0, 0.1) is 11.7 Å². The molecule has 2 fully saturated rings. The van der Waals surface area contributed by atoms with Gasteiger partial charge in [0.15, 0.2) is 0 Å². The predicted octanol–water partition coefficient (Wildman–Crippen LogP) is 3.68. The highest BCUT2D eigenvalue weighted by molar-refractivity contribution is 5.88. The third-order valence-electron chi connectivity index (χ3n) is 5.04. The highest BCUT2D eigenvalue weighted by Crippen LogP contribution is 2.36. The lowest BCUT2D eigenvalue weighted by molar-refractivity contribution is 0.0691. The highest BCUT2D eigenvalue weighted by atomic mass is 19.1. The van der Waals surface area contributed by atoms with Gasteiger partial charge in [0.25, 0.3) is 0 Å². The summed E-state index contributed by atoms with van der Waals surface area (Å²) in [4.78, 5) is 13.4. The third-order valence-corrected chi connectivity index (χ3v) is 5.04. The zero-order valence-corrected chi connectivity index (χ0v) is 12.2. The number of nitrogens with zero attached hydrogens (tertiary/aromatic N) is 1. The van der Waals surface area contributed by atoms with Crippen molar-refractivity contribution in [1.82, 2.24) is 4.90 Å². The number of aromatic carboxylic acids is 1. The van der Waals surface area contributed by atoms with Crippen molar-refractivity contribution in [3.8, 4) is 0 Å². The molecule has 1 aliphatic heterocycles. The standard InChI is InChI=1S/C17H22FNO2/c18-16-13(7-3-8-14(16)17(20)21)11-19-10-4-9-15(19)12-5-1-2-6-12/h3,7-8,12,15H,1-2,4-6,9-11H2,(H,20,21). The molecule has 1 saturated heterocycles. The molecule has 0 amide bonds. The second-order valence-electron chi connectivity index (χ2n) is 6.31. The van der Waals surface area contributed by atoms with Crippen molar-refractivity contribution in [2.45, 2.75) is 51.1 Å². The van der Waals surface area contributed by atoms with Gasteiger partial charge in [0.2, 0.25) is 0 Å². The SMILES string of the molecule is O=C(O)c1cccc(CN2CCCC2C2CCCC2)c1F. The van der Waals surface area contributed by atoms with Crippen LogP contribution >= 0.6 is 0 Å². The Morgan fingerprint density at radius 2 is 2.00 bits per heavy atom. The normalized spacial score (nSPS) is 23.8. The van der Waals surface area contributed by atoms with E-state index < -0.39 is 11.8 Å². The number of carboxylic acids is 1. The first-order chi connectivity index (χ1) is 10.2. The van der Waals surface area contributed by atoms with Gasteiger partial charge in [-0.15, -0.1) is 0 Å². The predicted molar refractivity (Wildman–Crippen MR) is 78.7 cm³/mol. The second-order valence-corrected chi connectivity index (χ2v) is 6.31. The first-order valence-corrected chi connectivity index (χ1v) is 7.91. The molecule has 1 aromatic rings. The van der Waals surface area contributed by atoms with Gasteiger partial charge < -0.3 is 5.11 Å². The van der Waals surface area contributed by atoms with Crippen LogP contribution in [-0.2, 0) is 6.54 Å². The zero-order valence-electron chi connectivity index (χ0n) is 12.2. The van der Waals surface area contributed by atoms with Gasteiger partial charge in [0.1, 0.15) is 5.82 Å². The smallest absolute Gasteiger partial charge is 0.338 e. The van der Waals surface area contributed by atoms with E-state index in [-0.39, 0.29) is 5.56 Å². The number of benzene rings is 1. The fraction of sp³-hybridized carbons (Fsp3) is 0.588. The number of halogens is 1. The fourth-order valence-electron chi connectivity index (χ4n) is 4.01. The molecule has 0 radical (unpaired) electrons. The molecule has 114 valence electrons. The Bertz CT molecular complexity index is 526. The van der Waals surface area contributed by atoms with Crippen molar-refractivity contribution in [3.63, 3.8) is 0 Å². The van der Waals surface area contributed by atoms with Crippen LogP contribution in [0.2, 0.25) is 0 Å². The molecule has 1 aliphatic carbocycles. The topological polar surface area (TPSA) is 40.5 Å². The molecule has 1 aromatic carbocycles. The van der Waals surface area contributed by atoms with Crippen LogP contribution in [0.15, 0.2) is 18.2 Å². The maximum absolute atomic E-state index is 14.3. The van der Waals surface area contributed by atoms with Crippen molar-refractivity contribution in [2.24, 2.45) is 5.92 Å². The molecule has 2 aliphatic rings. The van der Waals surface area contributed by atoms with Crippen LogP contribution in [0.5, 0.6) is 0 Å². The van der Waals surface area contributed by atoms with Crippen LogP contribution in [0.25, 0.3) is 0 Å². The van der Waals surface area contributed by atoms with E-state index in [1.54, 1.807) is 12.1 Å². The summed E-state index contributed by atoms with van der Waals surface area (Å²) in [6.45, 7) is 1.53. The van der Waals surface area contributed by atoms with Gasteiger partial charge in [-0.2, -0.15) is 0 Å². The molecule has 4 heteroatoms. The number of rotatable bonds is 4. The largest absolute Gasteiger partial charge is 0.478 e. The maximum atomic E-state index is 14.3. The van der Waals surface area contributed by atoms with E-state index in [0.717, 1.165) is 12.5 Å². The lowest BCUT2D eigenvalue weighted by atomic mass is 9.95. The molecule has 1 N–H and O–H groups in total. The van der Waals surface area contributed by atoms with E-state index in [2.05, 4.69) is 4.90 Å². The van der Waals surface area contributed by atoms with E-state index in [0.29, 0.717) is 18.2 Å². The number of hydrogen-bond acceptors (Lipinski definition) is 2. The Kier molecular flexibility index (Phi) is 4.24. The molecule has 3 nitrogen and oxygen atoms in total. The number of carbonyl (C=O) groups is 1.